The van der Waals surface area contributed by atoms with Crippen LogP contribution in [0.1, 0.15) is 84.3 Å². The number of carbonyl (C=O) groups excluding carboxylic acids is 1. The smallest absolute Gasteiger partial charge is 0.303 e. The molecule has 29 heavy (non-hydrogen) atoms. The summed E-state index contributed by atoms with van der Waals surface area (Å²) in [4.78, 5) is 11.6. The lowest BCUT2D eigenvalue weighted by atomic mass is 9.83. The van der Waals surface area contributed by atoms with Gasteiger partial charge in [0.25, 0.3) is 0 Å². The highest BCUT2D eigenvalue weighted by molar-refractivity contribution is 5.66. The molecule has 164 valence electrons. The largest absolute Gasteiger partial charge is 0.497 e. The molecule has 1 aliphatic carbocycles. The van der Waals surface area contributed by atoms with Gasteiger partial charge in [0.15, 0.2) is 0 Å². The van der Waals surface area contributed by atoms with Gasteiger partial charge in [-0.1, -0.05) is 47.5 Å². The van der Waals surface area contributed by atoms with Crippen LogP contribution in [-0.2, 0) is 14.9 Å². The number of hydrogen-bond donors (Lipinski definition) is 1. The van der Waals surface area contributed by atoms with Crippen LogP contribution in [0.4, 0.5) is 0 Å². The topological polar surface area (TPSA) is 56.8 Å². The number of carbonyl (C=O) groups is 1. The minimum absolute atomic E-state index is 0.105. The number of hydrogen-bond acceptors (Lipinski definition) is 5. The van der Waals surface area contributed by atoms with E-state index in [1.807, 2.05) is 6.07 Å². The van der Waals surface area contributed by atoms with Crippen molar-refractivity contribution in [2.75, 3.05) is 20.3 Å². The van der Waals surface area contributed by atoms with Gasteiger partial charge in [0.2, 0.25) is 0 Å². The van der Waals surface area contributed by atoms with Crippen molar-refractivity contribution in [2.45, 2.75) is 90.7 Å². The Morgan fingerprint density at radius 2 is 1.86 bits per heavy atom. The Morgan fingerprint density at radius 1 is 1.21 bits per heavy atom. The molecule has 2 rings (SSSR count). The maximum atomic E-state index is 11.6. The van der Waals surface area contributed by atoms with E-state index in [1.165, 1.54) is 32.6 Å². The lowest BCUT2D eigenvalue weighted by molar-refractivity contribution is -0.147. The first-order chi connectivity index (χ1) is 13.6. The Morgan fingerprint density at radius 3 is 2.38 bits per heavy atom. The number of rotatable bonds is 9. The molecule has 0 spiro atoms. The molecule has 1 atom stereocenters. The van der Waals surface area contributed by atoms with E-state index in [-0.39, 0.29) is 23.4 Å². The summed E-state index contributed by atoms with van der Waals surface area (Å²) >= 11 is 0. The maximum absolute atomic E-state index is 11.6. The van der Waals surface area contributed by atoms with Crippen LogP contribution in [0.25, 0.3) is 0 Å². The molecule has 1 unspecified atom stereocenters. The average Bonchev–Trinajstić information content (AvgIpc) is 3.15. The monoisotopic (exact) mass is 405 g/mol. The van der Waals surface area contributed by atoms with Crippen LogP contribution in [0.2, 0.25) is 0 Å². The fraction of sp³-hybridized carbons (Fsp3) is 0.708. The van der Waals surface area contributed by atoms with Gasteiger partial charge in [-0.25, -0.2) is 0 Å². The van der Waals surface area contributed by atoms with E-state index in [1.54, 1.807) is 7.11 Å². The highest BCUT2D eigenvalue weighted by atomic mass is 16.6. The van der Waals surface area contributed by atoms with Crippen molar-refractivity contribution in [3.63, 3.8) is 0 Å². The molecule has 0 radical (unpaired) electrons. The minimum Gasteiger partial charge on any atom is -0.497 e. The van der Waals surface area contributed by atoms with E-state index in [0.29, 0.717) is 19.2 Å². The van der Waals surface area contributed by atoms with Crippen LogP contribution in [0.15, 0.2) is 12.1 Å². The van der Waals surface area contributed by atoms with E-state index in [2.05, 4.69) is 46.0 Å². The average molecular weight is 406 g/mol. The highest BCUT2D eigenvalue weighted by Gasteiger charge is 2.26. The quantitative estimate of drug-likeness (QED) is 0.589. The van der Waals surface area contributed by atoms with Gasteiger partial charge in [-0.15, -0.1) is 0 Å². The molecular weight excluding hydrogens is 366 g/mol. The Hall–Kier alpha value is -1.75. The first-order valence-electron chi connectivity index (χ1n) is 10.9. The van der Waals surface area contributed by atoms with Crippen molar-refractivity contribution in [2.24, 2.45) is 0 Å². The molecule has 0 saturated heterocycles. The Balaban J connectivity index is 2.22. The first kappa shape index (κ1) is 23.5. The summed E-state index contributed by atoms with van der Waals surface area (Å²) in [6, 6.07) is 4.62. The summed E-state index contributed by atoms with van der Waals surface area (Å²) in [5.74, 6) is 1.73. The summed E-state index contributed by atoms with van der Waals surface area (Å²) in [7, 11) is 1.69. The van der Waals surface area contributed by atoms with Crippen LogP contribution < -0.4 is 14.8 Å². The molecule has 1 fully saturated rings. The summed E-state index contributed by atoms with van der Waals surface area (Å²) in [5, 5.41) is 3.55. The Kier molecular flexibility index (Phi) is 8.38. The van der Waals surface area contributed by atoms with Crippen LogP contribution in [-0.4, -0.2) is 38.4 Å². The summed E-state index contributed by atoms with van der Waals surface area (Å²) in [6.45, 7) is 13.2. The molecule has 5 nitrogen and oxygen atoms in total. The van der Waals surface area contributed by atoms with Crippen molar-refractivity contribution >= 4 is 5.97 Å². The third-order valence-electron chi connectivity index (χ3n) is 5.49. The molecule has 0 aromatic heterocycles. The van der Waals surface area contributed by atoms with E-state index in [0.717, 1.165) is 22.6 Å². The third-order valence-corrected chi connectivity index (χ3v) is 5.49. The normalized spacial score (nSPS) is 16.1. The van der Waals surface area contributed by atoms with Crippen molar-refractivity contribution in [1.82, 2.24) is 5.32 Å². The zero-order valence-corrected chi connectivity index (χ0v) is 19.3. The van der Waals surface area contributed by atoms with Crippen molar-refractivity contribution in [1.29, 1.82) is 0 Å². The standard InChI is InChI=1S/C24H39NO4/c1-16(2)21-12-19(27-7)13-22(24(4,5)6)23(21)28-15-20(29-17(3)26)14-25-18-10-8-9-11-18/h12-13,16,18,20,25H,8-11,14-15H2,1-7H3. The van der Waals surface area contributed by atoms with Crippen LogP contribution in [0.3, 0.4) is 0 Å². The van der Waals surface area contributed by atoms with Gasteiger partial charge in [-0.05, 0) is 36.3 Å². The molecule has 1 aromatic rings. The number of ether oxygens (including phenoxy) is 3. The van der Waals surface area contributed by atoms with Crippen molar-refractivity contribution < 1.29 is 19.0 Å². The van der Waals surface area contributed by atoms with Gasteiger partial charge in [0, 0.05) is 30.6 Å². The van der Waals surface area contributed by atoms with Gasteiger partial charge >= 0.3 is 5.97 Å². The van der Waals surface area contributed by atoms with Gasteiger partial charge < -0.3 is 19.5 Å². The van der Waals surface area contributed by atoms with E-state index in [4.69, 9.17) is 14.2 Å². The lowest BCUT2D eigenvalue weighted by Gasteiger charge is -2.28. The predicted octanol–water partition coefficient (Wildman–Crippen LogP) is 4.96. The molecule has 0 aliphatic heterocycles. The van der Waals surface area contributed by atoms with Crippen molar-refractivity contribution in [3.05, 3.63) is 23.3 Å². The van der Waals surface area contributed by atoms with Gasteiger partial charge in [-0.3, -0.25) is 4.79 Å². The van der Waals surface area contributed by atoms with Crippen molar-refractivity contribution in [3.8, 4) is 11.5 Å². The number of esters is 1. The second-order valence-electron chi connectivity index (χ2n) is 9.43. The molecular formula is C24H39NO4. The van der Waals surface area contributed by atoms with Crippen LogP contribution >= 0.6 is 0 Å². The molecule has 0 heterocycles. The summed E-state index contributed by atoms with van der Waals surface area (Å²) in [5.41, 5.74) is 2.11. The Labute approximate surface area is 176 Å². The zero-order valence-electron chi connectivity index (χ0n) is 19.3. The highest BCUT2D eigenvalue weighted by Crippen LogP contribution is 2.40. The summed E-state index contributed by atoms with van der Waals surface area (Å²) in [6.07, 6.45) is 4.61. The fourth-order valence-corrected chi connectivity index (χ4v) is 3.86. The van der Waals surface area contributed by atoms with E-state index < -0.39 is 0 Å². The SMILES string of the molecule is COc1cc(C(C)C)c(OCC(CNC2CCCC2)OC(C)=O)c(C(C)(C)C)c1. The zero-order chi connectivity index (χ0) is 21.6. The van der Waals surface area contributed by atoms with Crippen LogP contribution in [0.5, 0.6) is 11.5 Å². The third kappa shape index (κ3) is 6.91. The fourth-order valence-electron chi connectivity index (χ4n) is 3.86. The number of benzene rings is 1. The second-order valence-corrected chi connectivity index (χ2v) is 9.43. The van der Waals surface area contributed by atoms with Crippen LogP contribution in [0, 0.1) is 0 Å². The number of nitrogens with one attached hydrogen (secondary N) is 1. The molecule has 1 aromatic carbocycles. The molecule has 1 aliphatic rings. The lowest BCUT2D eigenvalue weighted by Crippen LogP contribution is -2.39. The molecule has 1 saturated carbocycles. The second kappa shape index (κ2) is 10.3. The first-order valence-corrected chi connectivity index (χ1v) is 10.9. The maximum Gasteiger partial charge on any atom is 0.303 e. The predicted molar refractivity (Wildman–Crippen MR) is 117 cm³/mol. The van der Waals surface area contributed by atoms with Gasteiger partial charge in [-0.2, -0.15) is 0 Å². The molecule has 0 bridgehead atoms. The molecule has 5 heteroatoms. The Bertz CT molecular complexity index is 672. The summed E-state index contributed by atoms with van der Waals surface area (Å²) < 4.78 is 17.4. The molecule has 0 amide bonds. The van der Waals surface area contributed by atoms with E-state index in [9.17, 15) is 4.79 Å². The molecule has 1 N–H and O–H groups in total. The van der Waals surface area contributed by atoms with Gasteiger partial charge in [0.05, 0.1) is 7.11 Å². The minimum atomic E-state index is -0.317. The number of methoxy groups -OCH3 is 1. The van der Waals surface area contributed by atoms with Gasteiger partial charge in [0.1, 0.15) is 24.2 Å². The van der Waals surface area contributed by atoms with E-state index >= 15 is 0 Å².